The van der Waals surface area contributed by atoms with Crippen LogP contribution in [0.15, 0.2) is 34.2 Å². The first-order chi connectivity index (χ1) is 5.77. The highest BCUT2D eigenvalue weighted by molar-refractivity contribution is 8.15. The third-order valence-electron chi connectivity index (χ3n) is 1.79. The Balaban J connectivity index is 2.54. The summed E-state index contributed by atoms with van der Waals surface area (Å²) in [6, 6.07) is 2.08. The first-order valence-corrected chi connectivity index (χ1v) is 6.00. The summed E-state index contributed by atoms with van der Waals surface area (Å²) < 4.78 is 5.45. The maximum Gasteiger partial charge on any atom is 0.140 e. The minimum Gasteiger partial charge on any atom is -0.459 e. The van der Waals surface area contributed by atoms with E-state index in [2.05, 4.69) is 23.6 Å². The average Bonchev–Trinajstić information content (AvgIpc) is 2.49. The van der Waals surface area contributed by atoms with Crippen molar-refractivity contribution < 1.29 is 4.42 Å². The smallest absolute Gasteiger partial charge is 0.140 e. The lowest BCUT2D eigenvalue weighted by Crippen LogP contribution is -1.79. The van der Waals surface area contributed by atoms with E-state index in [0.29, 0.717) is 0 Å². The first kappa shape index (κ1) is 7.68. The van der Waals surface area contributed by atoms with Crippen LogP contribution in [0.5, 0.6) is 0 Å². The fourth-order valence-electron chi connectivity index (χ4n) is 1.09. The highest BCUT2D eigenvalue weighted by Crippen LogP contribution is 2.33. The van der Waals surface area contributed by atoms with Crippen LogP contribution < -0.4 is 0 Å². The topological polar surface area (TPSA) is 26.0 Å². The molecule has 0 aromatic carbocycles. The van der Waals surface area contributed by atoms with E-state index in [1.807, 2.05) is 12.4 Å². The van der Waals surface area contributed by atoms with Crippen molar-refractivity contribution in [2.24, 2.45) is 0 Å². The molecular weight excluding hydrogens is 170 g/mol. The van der Waals surface area contributed by atoms with Gasteiger partial charge in [0, 0.05) is 23.5 Å². The molecule has 2 heterocycles. The molecule has 2 nitrogen and oxygen atoms in total. The van der Waals surface area contributed by atoms with E-state index < -0.39 is 0 Å². The largest absolute Gasteiger partial charge is 0.459 e. The van der Waals surface area contributed by atoms with Crippen molar-refractivity contribution in [3.8, 4) is 11.1 Å². The number of hydrogen-bond donors (Lipinski definition) is 1. The molecule has 0 unspecified atom stereocenters. The van der Waals surface area contributed by atoms with Gasteiger partial charge in [0.25, 0.3) is 0 Å². The number of fused-ring (bicyclic) bond motifs is 1. The Kier molecular flexibility index (Phi) is 1.81. The van der Waals surface area contributed by atoms with E-state index in [4.69, 9.17) is 4.42 Å². The van der Waals surface area contributed by atoms with Gasteiger partial charge in [-0.25, -0.2) is 10.9 Å². The molecule has 0 atom stereocenters. The molecule has 0 N–H and O–H groups in total. The van der Waals surface area contributed by atoms with Crippen molar-refractivity contribution in [1.82, 2.24) is 4.98 Å². The van der Waals surface area contributed by atoms with Gasteiger partial charge in [0.15, 0.2) is 0 Å². The fraction of sp³-hybridized carbons (Fsp3) is 0.222. The van der Waals surface area contributed by atoms with Crippen molar-refractivity contribution in [2.75, 3.05) is 12.5 Å². The van der Waals surface area contributed by atoms with Crippen LogP contribution in [0.3, 0.4) is 0 Å². The van der Waals surface area contributed by atoms with Crippen LogP contribution in [-0.2, 0) is 0 Å². The van der Waals surface area contributed by atoms with E-state index in [-0.39, 0.29) is 10.9 Å². The zero-order valence-corrected chi connectivity index (χ0v) is 8.01. The maximum absolute atomic E-state index is 5.45. The van der Waals surface area contributed by atoms with E-state index in [1.54, 1.807) is 6.26 Å². The molecule has 0 aliphatic carbocycles. The van der Waals surface area contributed by atoms with Crippen molar-refractivity contribution >= 4 is 10.9 Å². The Labute approximate surface area is 74.3 Å². The molecular formula is C9H11NOS. The number of rotatable bonds is 1. The highest BCUT2D eigenvalue weighted by Gasteiger charge is 2.06. The van der Waals surface area contributed by atoms with Crippen molar-refractivity contribution in [3.63, 3.8) is 0 Å². The quantitative estimate of drug-likeness (QED) is 0.684. The lowest BCUT2D eigenvalue weighted by atomic mass is 10.2. The molecule has 2 rings (SSSR count). The highest BCUT2D eigenvalue weighted by atomic mass is 32.2. The molecule has 0 amide bonds. The summed E-state index contributed by atoms with van der Waals surface area (Å²) in [6.45, 7) is 0. The van der Waals surface area contributed by atoms with Crippen LogP contribution in [0.2, 0.25) is 0 Å². The molecule has 0 fully saturated rings. The molecule has 0 aromatic heterocycles. The maximum atomic E-state index is 5.45. The minimum atomic E-state index is -0.144. The van der Waals surface area contributed by atoms with Crippen LogP contribution in [0.4, 0.5) is 0 Å². The molecule has 2 aliphatic heterocycles. The van der Waals surface area contributed by atoms with Crippen molar-refractivity contribution in [1.29, 1.82) is 0 Å². The Morgan fingerprint density at radius 3 is 2.75 bits per heavy atom. The second kappa shape index (κ2) is 2.83. The zero-order chi connectivity index (χ0) is 8.55. The Morgan fingerprint density at radius 1 is 1.25 bits per heavy atom. The standard InChI is InChI=1S/C9H11NOS/c1-12(2)9-3-7-4-10-5-8(7)6-11-9/h3-6,12H,1-2H3. The summed E-state index contributed by atoms with van der Waals surface area (Å²) in [7, 11) is -0.144. The Morgan fingerprint density at radius 2 is 2.00 bits per heavy atom. The third kappa shape index (κ3) is 1.20. The zero-order valence-electron chi connectivity index (χ0n) is 7.11. The molecule has 0 bridgehead atoms. The number of hydrogen-bond acceptors (Lipinski definition) is 2. The third-order valence-corrected chi connectivity index (χ3v) is 2.90. The van der Waals surface area contributed by atoms with Gasteiger partial charge in [0.05, 0.1) is 0 Å². The van der Waals surface area contributed by atoms with Gasteiger partial charge in [-0.3, -0.25) is 4.98 Å². The minimum absolute atomic E-state index is 0.144. The molecule has 64 valence electrons. The molecule has 0 aromatic rings. The summed E-state index contributed by atoms with van der Waals surface area (Å²) in [6.07, 6.45) is 9.82. The molecule has 2 aliphatic rings. The van der Waals surface area contributed by atoms with Crippen LogP contribution in [-0.4, -0.2) is 17.5 Å². The SMILES string of the molecule is C[SH](C)c1cc2cncc-2co1. The monoisotopic (exact) mass is 181 g/mol. The lowest BCUT2D eigenvalue weighted by Gasteiger charge is -2.08. The van der Waals surface area contributed by atoms with Crippen molar-refractivity contribution in [2.45, 2.75) is 5.09 Å². The predicted octanol–water partition coefficient (Wildman–Crippen LogP) is 2.40. The van der Waals surface area contributed by atoms with Crippen LogP contribution >= 0.6 is 10.9 Å². The van der Waals surface area contributed by atoms with Gasteiger partial charge in [-0.1, -0.05) is 0 Å². The average molecular weight is 181 g/mol. The molecule has 0 spiro atoms. The van der Waals surface area contributed by atoms with Gasteiger partial charge >= 0.3 is 0 Å². The van der Waals surface area contributed by atoms with Gasteiger partial charge in [0.1, 0.15) is 11.4 Å². The van der Waals surface area contributed by atoms with Crippen molar-refractivity contribution in [3.05, 3.63) is 24.7 Å². The van der Waals surface area contributed by atoms with E-state index >= 15 is 0 Å². The fourth-order valence-corrected chi connectivity index (χ4v) is 1.75. The predicted molar refractivity (Wildman–Crippen MR) is 52.2 cm³/mol. The van der Waals surface area contributed by atoms with Crippen LogP contribution in [0.1, 0.15) is 0 Å². The second-order valence-electron chi connectivity index (χ2n) is 2.93. The molecule has 3 heteroatoms. The Hall–Kier alpha value is -0.960. The molecule has 12 heavy (non-hydrogen) atoms. The number of nitrogens with zero attached hydrogens (tertiary/aromatic N) is 1. The molecule has 0 radical (unpaired) electrons. The summed E-state index contributed by atoms with van der Waals surface area (Å²) in [4.78, 5) is 4.05. The summed E-state index contributed by atoms with van der Waals surface area (Å²) in [5, 5.41) is 1.07. The van der Waals surface area contributed by atoms with E-state index in [0.717, 1.165) is 10.7 Å². The first-order valence-electron chi connectivity index (χ1n) is 3.77. The second-order valence-corrected chi connectivity index (χ2v) is 5.16. The van der Waals surface area contributed by atoms with Gasteiger partial charge < -0.3 is 4.42 Å². The van der Waals surface area contributed by atoms with E-state index in [1.165, 1.54) is 5.56 Å². The number of thiol groups is 1. The number of aromatic nitrogens is 1. The van der Waals surface area contributed by atoms with Gasteiger partial charge in [-0.05, 0) is 18.6 Å². The van der Waals surface area contributed by atoms with Gasteiger partial charge in [-0.15, -0.1) is 0 Å². The van der Waals surface area contributed by atoms with E-state index in [9.17, 15) is 0 Å². The van der Waals surface area contributed by atoms with Crippen LogP contribution in [0.25, 0.3) is 11.1 Å². The molecule has 0 saturated carbocycles. The lowest BCUT2D eigenvalue weighted by molar-refractivity contribution is 0.455. The summed E-state index contributed by atoms with van der Waals surface area (Å²) in [5.41, 5.74) is 2.25. The molecule has 0 saturated heterocycles. The van der Waals surface area contributed by atoms with Crippen LogP contribution in [0, 0.1) is 0 Å². The van der Waals surface area contributed by atoms with Gasteiger partial charge in [-0.2, -0.15) is 0 Å². The Bertz CT molecular complexity index is 356. The summed E-state index contributed by atoms with van der Waals surface area (Å²) >= 11 is 0. The summed E-state index contributed by atoms with van der Waals surface area (Å²) in [5.74, 6) is 0. The normalized spacial score (nSPS) is 12.0. The van der Waals surface area contributed by atoms with Gasteiger partial charge in [0.2, 0.25) is 0 Å².